The van der Waals surface area contributed by atoms with Gasteiger partial charge in [-0.15, -0.1) is 0 Å². The molecule has 1 heterocycles. The highest BCUT2D eigenvalue weighted by Gasteiger charge is 2.09. The average molecular weight is 341 g/mol. The van der Waals surface area contributed by atoms with E-state index in [1.807, 2.05) is 13.0 Å². The van der Waals surface area contributed by atoms with E-state index in [0.717, 1.165) is 17.7 Å². The molecule has 0 aliphatic carbocycles. The maximum atomic E-state index is 9.74. The molecule has 1 aromatic carbocycles. The molecular formula is C14H17BrN2O3. The number of benzene rings is 1. The van der Waals surface area contributed by atoms with Crippen molar-refractivity contribution in [3.63, 3.8) is 0 Å². The molecule has 6 heteroatoms. The Morgan fingerprint density at radius 2 is 2.20 bits per heavy atom. The second kappa shape index (κ2) is 6.76. The highest BCUT2D eigenvalue weighted by Crippen LogP contribution is 2.35. The van der Waals surface area contributed by atoms with E-state index in [-0.39, 0.29) is 5.75 Å². The van der Waals surface area contributed by atoms with Gasteiger partial charge in [0.25, 0.3) is 0 Å². The van der Waals surface area contributed by atoms with Crippen molar-refractivity contribution in [3.8, 4) is 11.5 Å². The smallest absolute Gasteiger partial charge is 0.208 e. The van der Waals surface area contributed by atoms with Gasteiger partial charge in [0.1, 0.15) is 5.76 Å². The second-order valence-electron chi connectivity index (χ2n) is 4.31. The van der Waals surface area contributed by atoms with Crippen LogP contribution < -0.4 is 10.1 Å². The fourth-order valence-corrected chi connectivity index (χ4v) is 2.28. The van der Waals surface area contributed by atoms with Gasteiger partial charge in [0, 0.05) is 13.0 Å². The van der Waals surface area contributed by atoms with E-state index >= 15 is 0 Å². The first-order chi connectivity index (χ1) is 9.63. The minimum absolute atomic E-state index is 0.108. The van der Waals surface area contributed by atoms with Crippen molar-refractivity contribution in [2.45, 2.75) is 26.4 Å². The van der Waals surface area contributed by atoms with Gasteiger partial charge >= 0.3 is 0 Å². The summed E-state index contributed by atoms with van der Waals surface area (Å²) in [5.74, 6) is 2.11. The van der Waals surface area contributed by atoms with Gasteiger partial charge in [0.05, 0.1) is 24.3 Å². The number of methoxy groups -OCH3 is 1. The third-order valence-electron chi connectivity index (χ3n) is 2.86. The molecule has 5 nitrogen and oxygen atoms in total. The van der Waals surface area contributed by atoms with Crippen molar-refractivity contribution in [1.29, 1.82) is 0 Å². The van der Waals surface area contributed by atoms with Crippen LogP contribution in [0.2, 0.25) is 0 Å². The summed E-state index contributed by atoms with van der Waals surface area (Å²) in [6.45, 7) is 3.21. The molecular weight excluding hydrogens is 324 g/mol. The van der Waals surface area contributed by atoms with Crippen molar-refractivity contribution in [1.82, 2.24) is 10.3 Å². The lowest BCUT2D eigenvalue weighted by Crippen LogP contribution is -2.13. The molecule has 0 radical (unpaired) electrons. The van der Waals surface area contributed by atoms with Crippen molar-refractivity contribution in [2.75, 3.05) is 7.11 Å². The number of ether oxygens (including phenoxy) is 1. The van der Waals surface area contributed by atoms with Gasteiger partial charge in [-0.2, -0.15) is 0 Å². The lowest BCUT2D eigenvalue weighted by atomic mass is 10.2. The molecule has 0 saturated carbocycles. The molecule has 0 atom stereocenters. The number of halogens is 1. The van der Waals surface area contributed by atoms with Crippen LogP contribution in [0.25, 0.3) is 0 Å². The lowest BCUT2D eigenvalue weighted by molar-refractivity contribution is 0.371. The topological polar surface area (TPSA) is 67.5 Å². The van der Waals surface area contributed by atoms with Gasteiger partial charge < -0.3 is 19.6 Å². The van der Waals surface area contributed by atoms with Gasteiger partial charge in [-0.3, -0.25) is 0 Å². The SMILES string of the molecule is CCc1cnc(CNCc2cc(Br)c(O)c(OC)c2)o1. The molecule has 20 heavy (non-hydrogen) atoms. The summed E-state index contributed by atoms with van der Waals surface area (Å²) in [7, 11) is 1.53. The number of nitrogens with zero attached hydrogens (tertiary/aromatic N) is 1. The summed E-state index contributed by atoms with van der Waals surface area (Å²) in [6, 6.07) is 3.64. The van der Waals surface area contributed by atoms with Crippen LogP contribution in [0.4, 0.5) is 0 Å². The minimum atomic E-state index is 0.108. The first-order valence-corrected chi connectivity index (χ1v) is 7.13. The Morgan fingerprint density at radius 3 is 2.85 bits per heavy atom. The second-order valence-corrected chi connectivity index (χ2v) is 5.16. The van der Waals surface area contributed by atoms with Crippen LogP contribution in [0.5, 0.6) is 11.5 Å². The molecule has 0 amide bonds. The van der Waals surface area contributed by atoms with Gasteiger partial charge in [0.2, 0.25) is 5.89 Å². The zero-order valence-corrected chi connectivity index (χ0v) is 13.0. The first-order valence-electron chi connectivity index (χ1n) is 6.33. The Bertz CT molecular complexity index is 584. The van der Waals surface area contributed by atoms with E-state index in [1.54, 1.807) is 12.3 Å². The number of rotatable bonds is 6. The summed E-state index contributed by atoms with van der Waals surface area (Å²) in [4.78, 5) is 4.18. The highest BCUT2D eigenvalue weighted by molar-refractivity contribution is 9.10. The van der Waals surface area contributed by atoms with E-state index in [0.29, 0.717) is 29.2 Å². The minimum Gasteiger partial charge on any atom is -0.503 e. The normalized spacial score (nSPS) is 10.8. The molecule has 0 aliphatic heterocycles. The average Bonchev–Trinajstić information content (AvgIpc) is 2.90. The molecule has 2 aromatic rings. The predicted octanol–water partition coefficient (Wildman–Crippen LogP) is 3.00. The van der Waals surface area contributed by atoms with Crippen LogP contribution in [-0.2, 0) is 19.5 Å². The van der Waals surface area contributed by atoms with E-state index < -0.39 is 0 Å². The number of phenols is 1. The van der Waals surface area contributed by atoms with Gasteiger partial charge in [0.15, 0.2) is 11.5 Å². The molecule has 2 rings (SSSR count). The van der Waals surface area contributed by atoms with Crippen LogP contribution in [0.15, 0.2) is 27.2 Å². The number of nitrogens with one attached hydrogen (secondary N) is 1. The quantitative estimate of drug-likeness (QED) is 0.845. The molecule has 2 N–H and O–H groups in total. The fourth-order valence-electron chi connectivity index (χ4n) is 1.79. The molecule has 0 bridgehead atoms. The van der Waals surface area contributed by atoms with E-state index in [2.05, 4.69) is 26.2 Å². The maximum Gasteiger partial charge on any atom is 0.208 e. The Labute approximate surface area is 126 Å². The van der Waals surface area contributed by atoms with Crippen molar-refractivity contribution in [2.24, 2.45) is 0 Å². The predicted molar refractivity (Wildman–Crippen MR) is 78.8 cm³/mol. The summed E-state index contributed by atoms with van der Waals surface area (Å²) >= 11 is 3.30. The monoisotopic (exact) mass is 340 g/mol. The maximum absolute atomic E-state index is 9.74. The Morgan fingerprint density at radius 1 is 1.40 bits per heavy atom. The standard InChI is InChI=1S/C14H17BrN2O3/c1-3-10-7-17-13(20-10)8-16-6-9-4-11(15)14(18)12(5-9)19-2/h4-5,7,16,18H,3,6,8H2,1-2H3. The molecule has 0 aliphatic rings. The van der Waals surface area contributed by atoms with E-state index in [4.69, 9.17) is 9.15 Å². The number of hydrogen-bond donors (Lipinski definition) is 2. The Balaban J connectivity index is 1.95. The number of aromatic hydroxyl groups is 1. The van der Waals surface area contributed by atoms with Gasteiger partial charge in [-0.05, 0) is 33.6 Å². The third kappa shape index (κ3) is 3.52. The molecule has 0 unspecified atom stereocenters. The van der Waals surface area contributed by atoms with Crippen molar-refractivity contribution >= 4 is 15.9 Å². The number of oxazole rings is 1. The van der Waals surface area contributed by atoms with Crippen LogP contribution in [0.3, 0.4) is 0 Å². The summed E-state index contributed by atoms with van der Waals surface area (Å²) in [6.07, 6.45) is 2.59. The van der Waals surface area contributed by atoms with Crippen LogP contribution in [-0.4, -0.2) is 17.2 Å². The molecule has 0 saturated heterocycles. The number of phenolic OH excluding ortho intramolecular Hbond substituents is 1. The molecule has 0 fully saturated rings. The van der Waals surface area contributed by atoms with E-state index in [1.165, 1.54) is 7.11 Å². The number of aromatic nitrogens is 1. The van der Waals surface area contributed by atoms with Gasteiger partial charge in [-0.25, -0.2) is 4.98 Å². The van der Waals surface area contributed by atoms with Crippen molar-refractivity contribution < 1.29 is 14.3 Å². The van der Waals surface area contributed by atoms with Gasteiger partial charge in [-0.1, -0.05) is 6.92 Å². The summed E-state index contributed by atoms with van der Waals surface area (Å²) in [5, 5.41) is 13.0. The zero-order chi connectivity index (χ0) is 14.5. The number of hydrogen-bond acceptors (Lipinski definition) is 5. The summed E-state index contributed by atoms with van der Waals surface area (Å²) < 4.78 is 11.2. The van der Waals surface area contributed by atoms with Crippen LogP contribution >= 0.6 is 15.9 Å². The molecule has 0 spiro atoms. The third-order valence-corrected chi connectivity index (χ3v) is 3.47. The Kier molecular flexibility index (Phi) is 5.03. The fraction of sp³-hybridized carbons (Fsp3) is 0.357. The highest BCUT2D eigenvalue weighted by atomic mass is 79.9. The van der Waals surface area contributed by atoms with Crippen molar-refractivity contribution in [3.05, 3.63) is 40.0 Å². The molecule has 108 valence electrons. The summed E-state index contributed by atoms with van der Waals surface area (Å²) in [5.41, 5.74) is 0.994. The Hall–Kier alpha value is -1.53. The number of aryl methyl sites for hydroxylation is 1. The van der Waals surface area contributed by atoms with Crippen LogP contribution in [0, 0.1) is 0 Å². The lowest BCUT2D eigenvalue weighted by Gasteiger charge is -2.09. The largest absolute Gasteiger partial charge is 0.503 e. The van der Waals surface area contributed by atoms with E-state index in [9.17, 15) is 5.11 Å². The molecule has 1 aromatic heterocycles. The first kappa shape index (κ1) is 14.9. The van der Waals surface area contributed by atoms with Crippen LogP contribution in [0.1, 0.15) is 24.1 Å². The zero-order valence-electron chi connectivity index (χ0n) is 11.4.